The third-order valence-corrected chi connectivity index (χ3v) is 4.75. The number of para-hydroxylation sites is 1. The van der Waals surface area contributed by atoms with Crippen molar-refractivity contribution in [1.29, 1.82) is 0 Å². The van der Waals surface area contributed by atoms with E-state index >= 15 is 0 Å². The molecule has 0 aliphatic heterocycles. The predicted octanol–water partition coefficient (Wildman–Crippen LogP) is 4.04. The first-order valence-corrected chi connectivity index (χ1v) is 9.31. The molecule has 0 aliphatic rings. The maximum Gasteiger partial charge on any atom is 0.273 e. The van der Waals surface area contributed by atoms with E-state index in [-0.39, 0.29) is 5.91 Å². The zero-order valence-electron chi connectivity index (χ0n) is 16.3. The molecule has 6 heteroatoms. The summed E-state index contributed by atoms with van der Waals surface area (Å²) in [5, 5.41) is 4.18. The van der Waals surface area contributed by atoms with E-state index in [0.29, 0.717) is 5.56 Å². The Hall–Kier alpha value is -3.93. The normalized spacial score (nSPS) is 11.1. The molecular weight excluding hydrogens is 362 g/mol. The molecule has 4 rings (SSSR count). The Kier molecular flexibility index (Phi) is 5.07. The van der Waals surface area contributed by atoms with Crippen molar-refractivity contribution in [1.82, 2.24) is 19.5 Å². The Labute approximate surface area is 169 Å². The van der Waals surface area contributed by atoms with Crippen molar-refractivity contribution in [3.8, 4) is 11.5 Å². The summed E-state index contributed by atoms with van der Waals surface area (Å²) in [6.07, 6.45) is 7.24. The molecule has 0 bridgehead atoms. The number of nitrogens with one attached hydrogen (secondary N) is 1. The maximum atomic E-state index is 12.7. The van der Waals surface area contributed by atoms with E-state index in [1.54, 1.807) is 18.5 Å². The number of rotatable bonds is 5. The summed E-state index contributed by atoms with van der Waals surface area (Å²) in [6.45, 7) is 4.02. The van der Waals surface area contributed by atoms with Gasteiger partial charge in [-0.15, -0.1) is 0 Å². The van der Waals surface area contributed by atoms with Crippen LogP contribution in [0.5, 0.6) is 0 Å². The van der Waals surface area contributed by atoms with Crippen LogP contribution in [-0.2, 0) is 0 Å². The summed E-state index contributed by atoms with van der Waals surface area (Å²) < 4.78 is 3.96. The van der Waals surface area contributed by atoms with Crippen LogP contribution in [0.3, 0.4) is 0 Å². The molecule has 1 aromatic carbocycles. The van der Waals surface area contributed by atoms with Gasteiger partial charge < -0.3 is 9.13 Å². The van der Waals surface area contributed by atoms with Gasteiger partial charge in [0.15, 0.2) is 0 Å². The number of nitrogens with zero attached hydrogens (tertiary/aromatic N) is 4. The average molecular weight is 383 g/mol. The van der Waals surface area contributed by atoms with Crippen LogP contribution in [0.15, 0.2) is 84.4 Å². The SMILES string of the molecule is Cc1cc(/C=N\NC(=O)c2ccccc2-n2cccc2)c(C)n1-c1ccccn1. The first-order valence-electron chi connectivity index (χ1n) is 9.31. The van der Waals surface area contributed by atoms with Gasteiger partial charge in [-0.1, -0.05) is 18.2 Å². The van der Waals surface area contributed by atoms with Crippen LogP contribution in [0, 0.1) is 13.8 Å². The molecule has 3 heterocycles. The van der Waals surface area contributed by atoms with E-state index < -0.39 is 0 Å². The van der Waals surface area contributed by atoms with Gasteiger partial charge in [-0.3, -0.25) is 4.79 Å². The molecule has 0 radical (unpaired) electrons. The number of benzene rings is 1. The summed E-state index contributed by atoms with van der Waals surface area (Å²) in [5.74, 6) is 0.593. The Morgan fingerprint density at radius 3 is 2.55 bits per heavy atom. The second-order valence-electron chi connectivity index (χ2n) is 6.66. The molecule has 0 aliphatic carbocycles. The van der Waals surface area contributed by atoms with E-state index in [2.05, 4.69) is 20.1 Å². The molecule has 0 saturated heterocycles. The highest BCUT2D eigenvalue weighted by Crippen LogP contribution is 2.18. The minimum Gasteiger partial charge on any atom is -0.323 e. The molecule has 29 heavy (non-hydrogen) atoms. The first kappa shape index (κ1) is 18.4. The number of carbonyl (C=O) groups is 1. The van der Waals surface area contributed by atoms with Crippen LogP contribution in [0.1, 0.15) is 27.3 Å². The number of aromatic nitrogens is 3. The minimum absolute atomic E-state index is 0.260. The number of hydrazone groups is 1. The lowest BCUT2D eigenvalue weighted by molar-refractivity contribution is 0.0955. The summed E-state index contributed by atoms with van der Waals surface area (Å²) >= 11 is 0. The van der Waals surface area contributed by atoms with Crippen LogP contribution in [0.2, 0.25) is 0 Å². The van der Waals surface area contributed by atoms with Crippen LogP contribution in [-0.4, -0.2) is 26.2 Å². The quantitative estimate of drug-likeness (QED) is 0.417. The van der Waals surface area contributed by atoms with Gasteiger partial charge in [-0.25, -0.2) is 10.4 Å². The lowest BCUT2D eigenvalue weighted by Gasteiger charge is -2.09. The van der Waals surface area contributed by atoms with Crippen LogP contribution in [0.4, 0.5) is 0 Å². The highest BCUT2D eigenvalue weighted by molar-refractivity contribution is 5.98. The van der Waals surface area contributed by atoms with Gasteiger partial charge in [0, 0.05) is 35.5 Å². The number of carbonyl (C=O) groups excluding carboxylic acids is 1. The highest BCUT2D eigenvalue weighted by atomic mass is 16.2. The van der Waals surface area contributed by atoms with Crippen molar-refractivity contribution in [3.63, 3.8) is 0 Å². The van der Waals surface area contributed by atoms with E-state index in [1.807, 2.05) is 85.4 Å². The Balaban J connectivity index is 1.54. The van der Waals surface area contributed by atoms with Crippen molar-refractivity contribution in [2.75, 3.05) is 0 Å². The highest BCUT2D eigenvalue weighted by Gasteiger charge is 2.12. The first-order chi connectivity index (χ1) is 14.1. The van der Waals surface area contributed by atoms with E-state index in [4.69, 9.17) is 0 Å². The van der Waals surface area contributed by atoms with Gasteiger partial charge in [0.1, 0.15) is 5.82 Å². The molecule has 1 N–H and O–H groups in total. The van der Waals surface area contributed by atoms with Crippen LogP contribution in [0.25, 0.3) is 11.5 Å². The van der Waals surface area contributed by atoms with Gasteiger partial charge in [0.2, 0.25) is 0 Å². The van der Waals surface area contributed by atoms with E-state index in [9.17, 15) is 4.79 Å². The van der Waals surface area contributed by atoms with Crippen molar-refractivity contribution < 1.29 is 4.79 Å². The summed E-state index contributed by atoms with van der Waals surface area (Å²) in [7, 11) is 0. The molecule has 3 aromatic heterocycles. The second-order valence-corrected chi connectivity index (χ2v) is 6.66. The van der Waals surface area contributed by atoms with Crippen molar-refractivity contribution in [3.05, 3.63) is 102 Å². The molecule has 6 nitrogen and oxygen atoms in total. The molecule has 0 fully saturated rings. The lowest BCUT2D eigenvalue weighted by atomic mass is 10.1. The average Bonchev–Trinajstić information content (AvgIpc) is 3.37. The molecule has 4 aromatic rings. The standard InChI is InChI=1S/C23H21N5O/c1-17-15-19(18(2)28(17)22-11-5-6-12-24-22)16-25-26-23(29)20-9-3-4-10-21(20)27-13-7-8-14-27/h3-16H,1-2H3,(H,26,29)/b25-16-. The fourth-order valence-corrected chi connectivity index (χ4v) is 3.36. The largest absolute Gasteiger partial charge is 0.323 e. The molecule has 0 spiro atoms. The number of aryl methyl sites for hydroxylation is 1. The summed E-state index contributed by atoms with van der Waals surface area (Å²) in [5.41, 5.74) is 6.98. The Morgan fingerprint density at radius 2 is 1.79 bits per heavy atom. The fraction of sp³-hybridized carbons (Fsp3) is 0.0870. The number of amides is 1. The molecule has 0 unspecified atom stereocenters. The minimum atomic E-state index is -0.260. The number of hydrogen-bond donors (Lipinski definition) is 1. The van der Waals surface area contributed by atoms with Gasteiger partial charge >= 0.3 is 0 Å². The zero-order chi connectivity index (χ0) is 20.2. The van der Waals surface area contributed by atoms with Crippen LogP contribution < -0.4 is 5.43 Å². The van der Waals surface area contributed by atoms with Crippen molar-refractivity contribution >= 4 is 12.1 Å². The Bertz CT molecular complexity index is 1160. The van der Waals surface area contributed by atoms with Crippen LogP contribution >= 0.6 is 0 Å². The second kappa shape index (κ2) is 7.98. The van der Waals surface area contributed by atoms with E-state index in [0.717, 1.165) is 28.5 Å². The third-order valence-electron chi connectivity index (χ3n) is 4.75. The van der Waals surface area contributed by atoms with Gasteiger partial charge in [-0.2, -0.15) is 5.10 Å². The molecular formula is C23H21N5O. The predicted molar refractivity (Wildman–Crippen MR) is 114 cm³/mol. The molecule has 144 valence electrons. The van der Waals surface area contributed by atoms with E-state index in [1.165, 1.54) is 0 Å². The summed E-state index contributed by atoms with van der Waals surface area (Å²) in [6, 6.07) is 19.1. The number of pyridine rings is 1. The van der Waals surface area contributed by atoms with Gasteiger partial charge in [0.25, 0.3) is 5.91 Å². The maximum absolute atomic E-state index is 12.7. The topological polar surface area (TPSA) is 64.2 Å². The molecule has 1 amide bonds. The fourth-order valence-electron chi connectivity index (χ4n) is 3.36. The van der Waals surface area contributed by atoms with Gasteiger partial charge in [0.05, 0.1) is 17.5 Å². The van der Waals surface area contributed by atoms with Gasteiger partial charge in [-0.05, 0) is 56.3 Å². The molecule has 0 atom stereocenters. The van der Waals surface area contributed by atoms with Crippen molar-refractivity contribution in [2.24, 2.45) is 5.10 Å². The zero-order valence-corrected chi connectivity index (χ0v) is 16.3. The monoisotopic (exact) mass is 383 g/mol. The molecule has 0 saturated carbocycles. The lowest BCUT2D eigenvalue weighted by Crippen LogP contribution is -2.19. The summed E-state index contributed by atoms with van der Waals surface area (Å²) in [4.78, 5) is 17.1. The van der Waals surface area contributed by atoms with Crippen molar-refractivity contribution in [2.45, 2.75) is 13.8 Å². The third kappa shape index (κ3) is 3.73. The number of hydrogen-bond acceptors (Lipinski definition) is 3. The smallest absolute Gasteiger partial charge is 0.273 e. The Morgan fingerprint density at radius 1 is 1.03 bits per heavy atom.